The minimum absolute atomic E-state index is 0.00232. The number of hydrogen-bond donors (Lipinski definition) is 2. The van der Waals surface area contributed by atoms with Crippen LogP contribution in [0.4, 0.5) is 17.6 Å². The van der Waals surface area contributed by atoms with E-state index in [4.69, 9.17) is 14.2 Å². The Morgan fingerprint density at radius 3 is 2.55 bits per heavy atom. The van der Waals surface area contributed by atoms with E-state index < -0.39 is 60.7 Å². The lowest BCUT2D eigenvalue weighted by atomic mass is 9.90. The molecule has 2 fully saturated rings. The summed E-state index contributed by atoms with van der Waals surface area (Å²) in [4.78, 5) is 0. The smallest absolute Gasteiger partial charge is 0.268 e. The molecule has 2 aliphatic heterocycles. The van der Waals surface area contributed by atoms with Gasteiger partial charge < -0.3 is 24.4 Å². The van der Waals surface area contributed by atoms with Gasteiger partial charge in [-0.05, 0) is 28.1 Å². The summed E-state index contributed by atoms with van der Waals surface area (Å²) >= 11 is 2.92. The Bertz CT molecular complexity index is 1290. The zero-order chi connectivity index (χ0) is 27.2. The summed E-state index contributed by atoms with van der Waals surface area (Å²) in [5.41, 5.74) is -1.43. The molecule has 2 N–H and O–H groups in total. The summed E-state index contributed by atoms with van der Waals surface area (Å²) in [6.45, 7) is -0.962. The van der Waals surface area contributed by atoms with Gasteiger partial charge in [-0.1, -0.05) is 10.4 Å². The third-order valence-electron chi connectivity index (χ3n) is 6.88. The summed E-state index contributed by atoms with van der Waals surface area (Å²) in [7, 11) is 1.37. The summed E-state index contributed by atoms with van der Waals surface area (Å²) in [6, 6.07) is 1.68. The number of ether oxygens (including phenoxy) is 3. The van der Waals surface area contributed by atoms with Gasteiger partial charge in [0.1, 0.15) is 30.0 Å². The number of rotatable bonds is 8. The van der Waals surface area contributed by atoms with E-state index in [1.54, 1.807) is 0 Å². The fourth-order valence-electron chi connectivity index (χ4n) is 4.68. The Hall–Kier alpha value is -2.50. The molecule has 0 saturated carbocycles. The second-order valence-electron chi connectivity index (χ2n) is 9.14. The minimum Gasteiger partial charge on any atom is -0.394 e. The number of alkyl halides is 2. The molecule has 2 saturated heterocycles. The van der Waals surface area contributed by atoms with Gasteiger partial charge in [-0.3, -0.25) is 0 Å². The predicted octanol–water partition coefficient (Wildman–Crippen LogP) is 1.49. The largest absolute Gasteiger partial charge is 0.394 e. The maximum atomic E-state index is 14.5. The molecule has 0 radical (unpaired) electrons. The molecular formula is C22H23BrF4N6O5. The average Bonchev–Trinajstić information content (AvgIpc) is 3.52. The Kier molecular flexibility index (Phi) is 7.54. The van der Waals surface area contributed by atoms with Gasteiger partial charge in [0.05, 0.1) is 42.3 Å². The molecule has 4 heterocycles. The maximum Gasteiger partial charge on any atom is 0.268 e. The van der Waals surface area contributed by atoms with E-state index in [0.29, 0.717) is 5.69 Å². The molecule has 0 unspecified atom stereocenters. The van der Waals surface area contributed by atoms with Crippen molar-refractivity contribution in [3.63, 3.8) is 0 Å². The fraction of sp³-hybridized carbons (Fsp3) is 0.545. The molecule has 2 aliphatic rings. The van der Waals surface area contributed by atoms with Crippen LogP contribution in [0.3, 0.4) is 0 Å². The van der Waals surface area contributed by atoms with Crippen molar-refractivity contribution in [2.75, 3.05) is 26.9 Å². The monoisotopic (exact) mass is 606 g/mol. The number of hydrogen-bond acceptors (Lipinski definition) is 9. The molecule has 0 aliphatic carbocycles. The highest BCUT2D eigenvalue weighted by molar-refractivity contribution is 9.10. The molecule has 3 aromatic rings. The van der Waals surface area contributed by atoms with Crippen LogP contribution in [-0.2, 0) is 26.2 Å². The van der Waals surface area contributed by atoms with Gasteiger partial charge in [-0.15, -0.1) is 10.2 Å². The van der Waals surface area contributed by atoms with Crippen LogP contribution in [-0.4, -0.2) is 98.0 Å². The first-order valence-corrected chi connectivity index (χ1v) is 12.3. The Balaban J connectivity index is 1.43. The highest BCUT2D eigenvalue weighted by Gasteiger charge is 2.51. The lowest BCUT2D eigenvalue weighted by Gasteiger charge is -2.43. The summed E-state index contributed by atoms with van der Waals surface area (Å²) in [5.74, 6) is -2.22. The second kappa shape index (κ2) is 10.6. The standard InChI is InChI=1S/C22H23BrF4N6O5/c1-36-20-14(4-10-5-33(31-28-10)22(21(26)27)8-37-9-22)38-15(7-34)19(35)18(20)32-6-13(29-30-32)11-2-3-12(23)17(25)16(11)24/h2-3,5-6,14-15,18-21,34-35H,4,7-9H2,1H3/t14-,15-,18+,19+,20+/m1/s1. The number of halogens is 5. The number of aliphatic hydroxyl groups excluding tert-OH is 2. The van der Waals surface area contributed by atoms with Crippen LogP contribution in [0.15, 0.2) is 29.0 Å². The topological polar surface area (TPSA) is 130 Å². The molecule has 0 spiro atoms. The minimum atomic E-state index is -2.72. The zero-order valence-electron chi connectivity index (χ0n) is 19.8. The molecule has 1 aromatic carbocycles. The Labute approximate surface area is 221 Å². The molecule has 0 amide bonds. The molecule has 5 rings (SSSR count). The van der Waals surface area contributed by atoms with Crippen LogP contribution in [0.2, 0.25) is 0 Å². The van der Waals surface area contributed by atoms with Crippen molar-refractivity contribution in [1.82, 2.24) is 30.0 Å². The molecule has 5 atom stereocenters. The number of nitrogens with zero attached hydrogens (tertiary/aromatic N) is 6. The van der Waals surface area contributed by atoms with Crippen LogP contribution >= 0.6 is 15.9 Å². The summed E-state index contributed by atoms with van der Waals surface area (Å²) in [6.07, 6.45) is -4.11. The first-order valence-electron chi connectivity index (χ1n) is 11.5. The molecule has 0 bridgehead atoms. The van der Waals surface area contributed by atoms with E-state index in [0.717, 1.165) is 4.68 Å². The van der Waals surface area contributed by atoms with Crippen molar-refractivity contribution in [1.29, 1.82) is 0 Å². The second-order valence-corrected chi connectivity index (χ2v) is 9.99. The Morgan fingerprint density at radius 2 is 1.92 bits per heavy atom. The maximum absolute atomic E-state index is 14.5. The van der Waals surface area contributed by atoms with Crippen molar-refractivity contribution in [2.45, 2.75) is 48.8 Å². The highest BCUT2D eigenvalue weighted by atomic mass is 79.9. The zero-order valence-corrected chi connectivity index (χ0v) is 21.4. The summed E-state index contributed by atoms with van der Waals surface area (Å²) < 4.78 is 74.6. The molecule has 38 heavy (non-hydrogen) atoms. The number of aliphatic hydroxyl groups is 2. The predicted molar refractivity (Wildman–Crippen MR) is 123 cm³/mol. The van der Waals surface area contributed by atoms with Crippen LogP contribution in [0.5, 0.6) is 0 Å². The summed E-state index contributed by atoms with van der Waals surface area (Å²) in [5, 5.41) is 36.6. The van der Waals surface area contributed by atoms with Gasteiger partial charge in [-0.2, -0.15) is 0 Å². The van der Waals surface area contributed by atoms with Crippen molar-refractivity contribution in [3.05, 3.63) is 46.3 Å². The Morgan fingerprint density at radius 1 is 1.16 bits per heavy atom. The molecule has 16 heteroatoms. The quantitative estimate of drug-likeness (QED) is 0.289. The van der Waals surface area contributed by atoms with Crippen molar-refractivity contribution in [2.24, 2.45) is 0 Å². The van der Waals surface area contributed by atoms with E-state index in [2.05, 4.69) is 36.6 Å². The normalized spacial score (nSPS) is 27.0. The third kappa shape index (κ3) is 4.52. The lowest BCUT2D eigenvalue weighted by molar-refractivity contribution is -0.212. The molecule has 206 valence electrons. The number of aromatic nitrogens is 6. The molecule has 11 nitrogen and oxygen atoms in total. The van der Waals surface area contributed by atoms with Gasteiger partial charge in [0, 0.05) is 25.3 Å². The first kappa shape index (κ1) is 27.1. The van der Waals surface area contributed by atoms with E-state index in [1.165, 1.54) is 36.3 Å². The van der Waals surface area contributed by atoms with Crippen molar-refractivity contribution in [3.8, 4) is 11.3 Å². The van der Waals surface area contributed by atoms with Crippen LogP contribution in [0.1, 0.15) is 11.7 Å². The SMILES string of the molecule is CO[C@@H]1[C@@H](n2cc(-c3ccc(Br)c(F)c3F)nn2)[C@@H](O)[C@@H](CO)O[C@@H]1Cc1cn(C2(C(F)F)COC2)nn1. The molecule has 2 aromatic heterocycles. The van der Waals surface area contributed by atoms with Gasteiger partial charge in [0.25, 0.3) is 6.43 Å². The van der Waals surface area contributed by atoms with Gasteiger partial charge in [0.2, 0.25) is 0 Å². The van der Waals surface area contributed by atoms with Crippen molar-refractivity contribution >= 4 is 15.9 Å². The lowest BCUT2D eigenvalue weighted by Crippen LogP contribution is -2.57. The number of benzene rings is 1. The average molecular weight is 607 g/mol. The van der Waals surface area contributed by atoms with Gasteiger partial charge in [0.15, 0.2) is 17.2 Å². The first-order chi connectivity index (χ1) is 18.2. The van der Waals surface area contributed by atoms with E-state index >= 15 is 0 Å². The third-order valence-corrected chi connectivity index (χ3v) is 7.49. The van der Waals surface area contributed by atoms with Crippen LogP contribution in [0.25, 0.3) is 11.3 Å². The van der Waals surface area contributed by atoms with Gasteiger partial charge in [-0.25, -0.2) is 26.9 Å². The fourth-order valence-corrected chi connectivity index (χ4v) is 4.99. The highest BCUT2D eigenvalue weighted by Crippen LogP contribution is 2.36. The van der Waals surface area contributed by atoms with Crippen LogP contribution < -0.4 is 0 Å². The van der Waals surface area contributed by atoms with Crippen molar-refractivity contribution < 1.29 is 42.0 Å². The van der Waals surface area contributed by atoms with E-state index in [-0.39, 0.29) is 35.4 Å². The number of methoxy groups -OCH3 is 1. The van der Waals surface area contributed by atoms with E-state index in [1.807, 2.05) is 0 Å². The van der Waals surface area contributed by atoms with E-state index in [9.17, 15) is 27.8 Å². The van der Waals surface area contributed by atoms with Crippen LogP contribution in [0, 0.1) is 11.6 Å². The molecular weight excluding hydrogens is 584 g/mol. The van der Waals surface area contributed by atoms with Gasteiger partial charge >= 0.3 is 0 Å².